The van der Waals surface area contributed by atoms with Crippen molar-refractivity contribution in [1.29, 1.82) is 0 Å². The molecule has 26 heavy (non-hydrogen) atoms. The van der Waals surface area contributed by atoms with Gasteiger partial charge in [-0.05, 0) is 62.2 Å². The minimum atomic E-state index is -1.35. The number of fused-ring (bicyclic) bond motifs is 1. The smallest absolute Gasteiger partial charge is 0.400 e. The number of benzene rings is 2. The van der Waals surface area contributed by atoms with Crippen molar-refractivity contribution in [3.63, 3.8) is 0 Å². The molecule has 0 aliphatic heterocycles. The first-order valence-electron chi connectivity index (χ1n) is 8.53. The van der Waals surface area contributed by atoms with Crippen molar-refractivity contribution in [3.05, 3.63) is 48.0 Å². The summed E-state index contributed by atoms with van der Waals surface area (Å²) in [6.07, 6.45) is 1.28. The molecule has 6 nitrogen and oxygen atoms in total. The van der Waals surface area contributed by atoms with Crippen LogP contribution in [0.25, 0.3) is 11.1 Å². The minimum Gasteiger partial charge on any atom is -0.466 e. The van der Waals surface area contributed by atoms with Crippen LogP contribution in [0.5, 0.6) is 17.6 Å². The van der Waals surface area contributed by atoms with E-state index in [9.17, 15) is 4.79 Å². The number of aromatic nitrogens is 1. The van der Waals surface area contributed by atoms with Crippen LogP contribution in [0.2, 0.25) is 0 Å². The van der Waals surface area contributed by atoms with Gasteiger partial charge in [-0.3, -0.25) is 10.5 Å². The number of Topliss-reactive ketones (excluding diaryl/α,β-unsaturated/α-hetero) is 1. The van der Waals surface area contributed by atoms with Crippen LogP contribution in [0, 0.1) is 6.92 Å². The Hall–Kier alpha value is -2.86. The van der Waals surface area contributed by atoms with Gasteiger partial charge in [-0.1, -0.05) is 13.0 Å². The van der Waals surface area contributed by atoms with Crippen LogP contribution >= 0.6 is 0 Å². The number of nitrogens with two attached hydrogens (primary N) is 1. The Morgan fingerprint density at radius 1 is 1.19 bits per heavy atom. The first kappa shape index (κ1) is 17.9. The molecule has 0 saturated heterocycles. The molecule has 3 aromatic rings. The number of hydrogen-bond donors (Lipinski definition) is 1. The molecule has 1 heterocycles. The molecule has 2 N–H and O–H groups in total. The van der Waals surface area contributed by atoms with E-state index in [-0.39, 0.29) is 11.9 Å². The molecule has 0 bridgehead atoms. The van der Waals surface area contributed by atoms with Crippen molar-refractivity contribution < 1.29 is 18.7 Å². The van der Waals surface area contributed by atoms with E-state index in [2.05, 4.69) is 4.98 Å². The maximum atomic E-state index is 12.0. The van der Waals surface area contributed by atoms with Gasteiger partial charge in [-0.2, -0.15) is 4.98 Å². The minimum absolute atomic E-state index is 0.137. The highest BCUT2D eigenvalue weighted by Gasteiger charge is 2.29. The molecule has 0 saturated carbocycles. The zero-order valence-corrected chi connectivity index (χ0v) is 15.1. The number of oxazole rings is 1. The lowest BCUT2D eigenvalue weighted by molar-refractivity contribution is -0.132. The van der Waals surface area contributed by atoms with E-state index in [0.29, 0.717) is 23.5 Å². The van der Waals surface area contributed by atoms with E-state index in [4.69, 9.17) is 19.6 Å². The van der Waals surface area contributed by atoms with Gasteiger partial charge in [0.2, 0.25) is 5.72 Å². The lowest BCUT2D eigenvalue weighted by Gasteiger charge is -2.24. The number of carbonyl (C=O) groups excluding carboxylic acids is 1. The third-order valence-corrected chi connectivity index (χ3v) is 3.91. The molecule has 2 aromatic carbocycles. The molecule has 3 rings (SSSR count). The number of hydrogen-bond acceptors (Lipinski definition) is 6. The molecule has 0 spiro atoms. The summed E-state index contributed by atoms with van der Waals surface area (Å²) in [5, 5.41) is 0. The zero-order valence-electron chi connectivity index (χ0n) is 15.1. The van der Waals surface area contributed by atoms with Crippen molar-refractivity contribution in [1.82, 2.24) is 4.98 Å². The number of ether oxygens (including phenoxy) is 2. The average Bonchev–Trinajstić information content (AvgIpc) is 2.98. The zero-order chi connectivity index (χ0) is 18.7. The Kier molecular flexibility index (Phi) is 4.95. The van der Waals surface area contributed by atoms with E-state index < -0.39 is 5.72 Å². The summed E-state index contributed by atoms with van der Waals surface area (Å²) in [5.41, 5.74) is 7.11. The molecule has 136 valence electrons. The SMILES string of the molecule is CCCC(=O)C(C)(N)Oc1ccc(Oc2nc3ccc(C)cc3o2)cc1. The van der Waals surface area contributed by atoms with Gasteiger partial charge in [0.15, 0.2) is 11.4 Å². The van der Waals surface area contributed by atoms with Crippen LogP contribution in [0.15, 0.2) is 46.9 Å². The van der Waals surface area contributed by atoms with E-state index in [1.54, 1.807) is 31.2 Å². The van der Waals surface area contributed by atoms with E-state index in [0.717, 1.165) is 17.5 Å². The predicted molar refractivity (Wildman–Crippen MR) is 98.4 cm³/mol. The summed E-state index contributed by atoms with van der Waals surface area (Å²) in [6.45, 7) is 5.47. The molecule has 1 aromatic heterocycles. The first-order valence-corrected chi connectivity index (χ1v) is 8.53. The molecule has 0 aliphatic rings. The monoisotopic (exact) mass is 354 g/mol. The third kappa shape index (κ3) is 4.03. The van der Waals surface area contributed by atoms with Crippen LogP contribution < -0.4 is 15.2 Å². The summed E-state index contributed by atoms with van der Waals surface area (Å²) in [4.78, 5) is 16.3. The Morgan fingerprint density at radius 2 is 1.88 bits per heavy atom. The second-order valence-corrected chi connectivity index (χ2v) is 6.41. The number of nitrogens with zero attached hydrogens (tertiary/aromatic N) is 1. The third-order valence-electron chi connectivity index (χ3n) is 3.91. The second kappa shape index (κ2) is 7.17. The van der Waals surface area contributed by atoms with Gasteiger partial charge in [0.1, 0.15) is 17.0 Å². The topological polar surface area (TPSA) is 87.6 Å². The van der Waals surface area contributed by atoms with Crippen molar-refractivity contribution in [3.8, 4) is 17.6 Å². The standard InChI is InChI=1S/C20H22N2O4/c1-4-5-18(23)20(3,21)26-15-9-7-14(8-10-15)24-19-22-16-11-6-13(2)12-17(16)25-19/h6-12H,4-5,21H2,1-3H3. The van der Waals surface area contributed by atoms with Gasteiger partial charge in [-0.25, -0.2) is 0 Å². The van der Waals surface area contributed by atoms with Gasteiger partial charge < -0.3 is 13.9 Å². The molecule has 0 amide bonds. The van der Waals surface area contributed by atoms with Gasteiger partial charge in [0, 0.05) is 6.42 Å². The molecular weight excluding hydrogens is 332 g/mol. The van der Waals surface area contributed by atoms with Crippen molar-refractivity contribution in [2.75, 3.05) is 0 Å². The van der Waals surface area contributed by atoms with E-state index in [1.165, 1.54) is 0 Å². The van der Waals surface area contributed by atoms with Crippen LogP contribution in [-0.4, -0.2) is 16.5 Å². The number of rotatable bonds is 7. The summed E-state index contributed by atoms with van der Waals surface area (Å²) in [7, 11) is 0. The normalized spacial score (nSPS) is 13.4. The maximum absolute atomic E-state index is 12.0. The van der Waals surface area contributed by atoms with Gasteiger partial charge in [0.05, 0.1) is 0 Å². The predicted octanol–water partition coefficient (Wildman–Crippen LogP) is 4.35. The van der Waals surface area contributed by atoms with E-state index >= 15 is 0 Å². The fourth-order valence-corrected chi connectivity index (χ4v) is 2.51. The Balaban J connectivity index is 1.69. The second-order valence-electron chi connectivity index (χ2n) is 6.41. The molecule has 1 atom stereocenters. The molecule has 1 unspecified atom stereocenters. The van der Waals surface area contributed by atoms with Crippen LogP contribution in [0.1, 0.15) is 32.3 Å². The average molecular weight is 354 g/mol. The van der Waals surface area contributed by atoms with Crippen LogP contribution in [0.3, 0.4) is 0 Å². The van der Waals surface area contributed by atoms with Crippen molar-refractivity contribution in [2.24, 2.45) is 5.73 Å². The lowest BCUT2D eigenvalue weighted by Crippen LogP contribution is -2.50. The molecule has 0 radical (unpaired) electrons. The summed E-state index contributed by atoms with van der Waals surface area (Å²) in [6, 6.07) is 12.5. The Bertz CT molecular complexity index is 913. The highest BCUT2D eigenvalue weighted by Crippen LogP contribution is 2.28. The fraction of sp³-hybridized carbons (Fsp3) is 0.300. The molecule has 0 fully saturated rings. The van der Waals surface area contributed by atoms with Gasteiger partial charge >= 0.3 is 6.08 Å². The van der Waals surface area contributed by atoms with Crippen molar-refractivity contribution in [2.45, 2.75) is 39.3 Å². The van der Waals surface area contributed by atoms with Crippen molar-refractivity contribution >= 4 is 16.9 Å². The van der Waals surface area contributed by atoms with Crippen LogP contribution in [-0.2, 0) is 4.79 Å². The number of aryl methyl sites for hydroxylation is 1. The lowest BCUT2D eigenvalue weighted by atomic mass is 10.1. The highest BCUT2D eigenvalue weighted by atomic mass is 16.6. The Labute approximate surface area is 151 Å². The van der Waals surface area contributed by atoms with Crippen LogP contribution in [0.4, 0.5) is 0 Å². The maximum Gasteiger partial charge on any atom is 0.400 e. The van der Waals surface area contributed by atoms with E-state index in [1.807, 2.05) is 32.0 Å². The first-order chi connectivity index (χ1) is 12.4. The highest BCUT2D eigenvalue weighted by molar-refractivity contribution is 5.86. The number of carbonyl (C=O) groups is 1. The van der Waals surface area contributed by atoms with Gasteiger partial charge in [0.25, 0.3) is 0 Å². The summed E-state index contributed by atoms with van der Waals surface area (Å²) < 4.78 is 16.9. The quantitative estimate of drug-likeness (QED) is 0.635. The largest absolute Gasteiger partial charge is 0.466 e. The number of ketones is 1. The summed E-state index contributed by atoms with van der Waals surface area (Å²) >= 11 is 0. The van der Waals surface area contributed by atoms with Gasteiger partial charge in [-0.15, -0.1) is 0 Å². The Morgan fingerprint density at radius 3 is 2.58 bits per heavy atom. The summed E-state index contributed by atoms with van der Waals surface area (Å²) in [5.74, 6) is 0.890. The fourth-order valence-electron chi connectivity index (χ4n) is 2.51. The molecular formula is C20H22N2O4. The molecule has 6 heteroatoms. The molecule has 0 aliphatic carbocycles.